The molecule has 0 radical (unpaired) electrons. The first-order chi connectivity index (χ1) is 11.9. The Hall–Kier alpha value is -2.00. The number of amides is 1. The van der Waals surface area contributed by atoms with Gasteiger partial charge in [-0.05, 0) is 26.0 Å². The first-order valence-corrected chi connectivity index (χ1v) is 9.66. The summed E-state index contributed by atoms with van der Waals surface area (Å²) in [6.45, 7) is 4.19. The molecule has 1 N–H and O–H groups in total. The molecule has 0 fully saturated rings. The third-order valence-corrected chi connectivity index (χ3v) is 5.37. The fraction of sp³-hybridized carbons (Fsp3) is 0.562. The molecule has 25 heavy (non-hydrogen) atoms. The first kappa shape index (κ1) is 19.3. The summed E-state index contributed by atoms with van der Waals surface area (Å²) in [5, 5.41) is 2.71. The molecular weight excluding hydrogens is 348 g/mol. The van der Waals surface area contributed by atoms with Crippen molar-refractivity contribution in [3.8, 4) is 11.5 Å². The Balaban J connectivity index is 2.23. The molecule has 0 spiro atoms. The average molecular weight is 372 g/mol. The van der Waals surface area contributed by atoms with Crippen molar-refractivity contribution in [2.75, 3.05) is 43.5 Å². The second kappa shape index (κ2) is 8.39. The molecule has 0 saturated carbocycles. The van der Waals surface area contributed by atoms with Crippen LogP contribution in [-0.4, -0.2) is 59.6 Å². The van der Waals surface area contributed by atoms with Gasteiger partial charge in [-0.3, -0.25) is 9.10 Å². The van der Waals surface area contributed by atoms with Crippen LogP contribution in [0.3, 0.4) is 0 Å². The highest BCUT2D eigenvalue weighted by molar-refractivity contribution is 7.92. The van der Waals surface area contributed by atoms with Crippen LogP contribution in [0, 0.1) is 0 Å². The van der Waals surface area contributed by atoms with E-state index >= 15 is 0 Å². The molecule has 1 heterocycles. The standard InChI is InChI=1S/C16H24N2O6S/c1-4-25(20,21)18(10-16(19)17-12(2)11-22-3)13-5-6-14-15(9-13)24-8-7-23-14/h5-6,9,12H,4,7-8,10-11H2,1-3H3,(H,17,19)/t12-/m1/s1. The Morgan fingerprint density at radius 1 is 1.32 bits per heavy atom. The van der Waals surface area contributed by atoms with Crippen molar-refractivity contribution >= 4 is 21.6 Å². The number of carbonyl (C=O) groups excluding carboxylic acids is 1. The lowest BCUT2D eigenvalue weighted by molar-refractivity contribution is -0.120. The van der Waals surface area contributed by atoms with Gasteiger partial charge in [0.25, 0.3) is 0 Å². The molecule has 0 bridgehead atoms. The van der Waals surface area contributed by atoms with Crippen LogP contribution in [0.5, 0.6) is 11.5 Å². The zero-order chi connectivity index (χ0) is 18.4. The lowest BCUT2D eigenvalue weighted by Crippen LogP contribution is -2.45. The summed E-state index contributed by atoms with van der Waals surface area (Å²) in [5.74, 6) is 0.495. The van der Waals surface area contributed by atoms with Crippen molar-refractivity contribution < 1.29 is 27.4 Å². The number of ether oxygens (including phenoxy) is 3. The number of methoxy groups -OCH3 is 1. The number of hydrogen-bond acceptors (Lipinski definition) is 6. The Morgan fingerprint density at radius 3 is 2.64 bits per heavy atom. The van der Waals surface area contributed by atoms with Gasteiger partial charge in [-0.2, -0.15) is 0 Å². The van der Waals surface area contributed by atoms with E-state index in [2.05, 4.69) is 5.32 Å². The molecule has 1 atom stereocenters. The largest absolute Gasteiger partial charge is 0.486 e. The van der Waals surface area contributed by atoms with E-state index in [4.69, 9.17) is 14.2 Å². The van der Waals surface area contributed by atoms with Gasteiger partial charge in [0, 0.05) is 19.2 Å². The van der Waals surface area contributed by atoms with E-state index in [-0.39, 0.29) is 18.3 Å². The molecule has 1 aromatic rings. The number of carbonyl (C=O) groups is 1. The zero-order valence-electron chi connectivity index (χ0n) is 14.6. The van der Waals surface area contributed by atoms with Crippen LogP contribution in [0.4, 0.5) is 5.69 Å². The molecule has 0 saturated heterocycles. The second-order valence-electron chi connectivity index (χ2n) is 5.66. The molecule has 140 valence electrons. The number of hydrogen-bond donors (Lipinski definition) is 1. The highest BCUT2D eigenvalue weighted by Gasteiger charge is 2.25. The van der Waals surface area contributed by atoms with Crippen LogP contribution in [0.1, 0.15) is 13.8 Å². The second-order valence-corrected chi connectivity index (χ2v) is 7.84. The van der Waals surface area contributed by atoms with Crippen LogP contribution < -0.4 is 19.1 Å². The number of benzene rings is 1. The van der Waals surface area contributed by atoms with Gasteiger partial charge in [-0.1, -0.05) is 0 Å². The minimum Gasteiger partial charge on any atom is -0.486 e. The fourth-order valence-corrected chi connectivity index (χ4v) is 3.50. The Kier molecular flexibility index (Phi) is 6.49. The fourth-order valence-electron chi connectivity index (χ4n) is 2.44. The number of rotatable bonds is 8. The maximum Gasteiger partial charge on any atom is 0.241 e. The van der Waals surface area contributed by atoms with Crippen molar-refractivity contribution in [3.05, 3.63) is 18.2 Å². The molecule has 0 unspecified atom stereocenters. The highest BCUT2D eigenvalue weighted by Crippen LogP contribution is 2.34. The van der Waals surface area contributed by atoms with Gasteiger partial charge in [0.05, 0.1) is 18.0 Å². The highest BCUT2D eigenvalue weighted by atomic mass is 32.2. The number of sulfonamides is 1. The van der Waals surface area contributed by atoms with Crippen LogP contribution in [0.2, 0.25) is 0 Å². The predicted octanol–water partition coefficient (Wildman–Crippen LogP) is 0.765. The van der Waals surface area contributed by atoms with Crippen molar-refractivity contribution in [3.63, 3.8) is 0 Å². The molecule has 2 rings (SSSR count). The monoisotopic (exact) mass is 372 g/mol. The van der Waals surface area contributed by atoms with Crippen molar-refractivity contribution in [2.24, 2.45) is 0 Å². The molecule has 1 amide bonds. The quantitative estimate of drug-likeness (QED) is 0.724. The maximum atomic E-state index is 12.5. The molecule has 1 aliphatic rings. The lowest BCUT2D eigenvalue weighted by Gasteiger charge is -2.26. The predicted molar refractivity (Wildman–Crippen MR) is 93.7 cm³/mol. The summed E-state index contributed by atoms with van der Waals surface area (Å²) in [6.07, 6.45) is 0. The molecule has 9 heteroatoms. The Morgan fingerprint density at radius 2 is 2.00 bits per heavy atom. The van der Waals surface area contributed by atoms with Crippen molar-refractivity contribution in [1.82, 2.24) is 5.32 Å². The number of nitrogens with zero attached hydrogens (tertiary/aromatic N) is 1. The number of nitrogens with one attached hydrogen (secondary N) is 1. The summed E-state index contributed by atoms with van der Waals surface area (Å²) in [4.78, 5) is 12.2. The Labute approximate surface area is 148 Å². The van der Waals surface area contributed by atoms with E-state index in [1.54, 1.807) is 25.1 Å². The third kappa shape index (κ3) is 4.99. The van der Waals surface area contributed by atoms with E-state index in [0.29, 0.717) is 37.0 Å². The molecule has 0 aromatic heterocycles. The van der Waals surface area contributed by atoms with E-state index in [0.717, 1.165) is 4.31 Å². The van der Waals surface area contributed by atoms with Gasteiger partial charge in [-0.25, -0.2) is 8.42 Å². The summed E-state index contributed by atoms with van der Waals surface area (Å²) in [7, 11) is -2.10. The van der Waals surface area contributed by atoms with E-state index in [1.165, 1.54) is 14.0 Å². The van der Waals surface area contributed by atoms with Gasteiger partial charge in [0.2, 0.25) is 15.9 Å². The number of anilines is 1. The normalized spacial score (nSPS) is 14.7. The molecule has 1 aromatic carbocycles. The average Bonchev–Trinajstić information content (AvgIpc) is 2.59. The van der Waals surface area contributed by atoms with Crippen molar-refractivity contribution in [2.45, 2.75) is 19.9 Å². The summed E-state index contributed by atoms with van der Waals surface area (Å²) >= 11 is 0. The van der Waals surface area contributed by atoms with E-state index in [9.17, 15) is 13.2 Å². The van der Waals surface area contributed by atoms with Crippen LogP contribution in [0.25, 0.3) is 0 Å². The van der Waals surface area contributed by atoms with E-state index < -0.39 is 15.9 Å². The summed E-state index contributed by atoms with van der Waals surface area (Å²) in [6, 6.07) is 4.61. The minimum atomic E-state index is -3.64. The topological polar surface area (TPSA) is 94.2 Å². The first-order valence-electron chi connectivity index (χ1n) is 8.05. The van der Waals surface area contributed by atoms with Crippen LogP contribution in [0.15, 0.2) is 18.2 Å². The smallest absolute Gasteiger partial charge is 0.241 e. The van der Waals surface area contributed by atoms with Gasteiger partial charge in [0.15, 0.2) is 11.5 Å². The van der Waals surface area contributed by atoms with Gasteiger partial charge in [-0.15, -0.1) is 0 Å². The summed E-state index contributed by atoms with van der Waals surface area (Å²) < 4.78 is 41.9. The van der Waals surface area contributed by atoms with Crippen LogP contribution in [-0.2, 0) is 19.6 Å². The molecular formula is C16H24N2O6S. The minimum absolute atomic E-state index is 0.123. The zero-order valence-corrected chi connectivity index (χ0v) is 15.5. The SMILES string of the molecule is CCS(=O)(=O)N(CC(=O)N[C@H](C)COC)c1ccc2c(c1)OCCO2. The Bertz CT molecular complexity index is 707. The maximum absolute atomic E-state index is 12.5. The van der Waals surface area contributed by atoms with Crippen molar-refractivity contribution in [1.29, 1.82) is 0 Å². The van der Waals surface area contributed by atoms with Gasteiger partial charge < -0.3 is 19.5 Å². The van der Waals surface area contributed by atoms with Gasteiger partial charge >= 0.3 is 0 Å². The third-order valence-electron chi connectivity index (χ3n) is 3.63. The van der Waals surface area contributed by atoms with Crippen LogP contribution >= 0.6 is 0 Å². The van der Waals surface area contributed by atoms with E-state index in [1.807, 2.05) is 0 Å². The molecule has 8 nitrogen and oxygen atoms in total. The molecule has 1 aliphatic heterocycles. The molecule has 0 aliphatic carbocycles. The summed E-state index contributed by atoms with van der Waals surface area (Å²) in [5.41, 5.74) is 0.362. The lowest BCUT2D eigenvalue weighted by atomic mass is 10.2. The number of fused-ring (bicyclic) bond motifs is 1. The van der Waals surface area contributed by atoms with Gasteiger partial charge in [0.1, 0.15) is 19.8 Å².